The summed E-state index contributed by atoms with van der Waals surface area (Å²) in [6, 6.07) is 3.65. The van der Waals surface area contributed by atoms with Gasteiger partial charge in [-0.15, -0.1) is 0 Å². The molecule has 0 aliphatic carbocycles. The van der Waals surface area contributed by atoms with Gasteiger partial charge >= 0.3 is 0 Å². The van der Waals surface area contributed by atoms with Crippen LogP contribution in [0.2, 0.25) is 0 Å². The van der Waals surface area contributed by atoms with E-state index < -0.39 is 0 Å². The molecule has 4 nitrogen and oxygen atoms in total. The number of pyridine rings is 1. The number of aryl methyl sites for hydroxylation is 1. The molecule has 1 fully saturated rings. The van der Waals surface area contributed by atoms with E-state index in [0.29, 0.717) is 0 Å². The number of morpholine rings is 1. The van der Waals surface area contributed by atoms with Gasteiger partial charge in [0.25, 0.3) is 5.56 Å². The van der Waals surface area contributed by atoms with Crippen molar-refractivity contribution in [3.05, 3.63) is 34.2 Å². The Bertz CT molecular complexity index is 394. The summed E-state index contributed by atoms with van der Waals surface area (Å²) in [7, 11) is 0. The number of aromatic nitrogens is 1. The zero-order valence-corrected chi connectivity index (χ0v) is 9.69. The van der Waals surface area contributed by atoms with E-state index >= 15 is 0 Å². The van der Waals surface area contributed by atoms with E-state index in [4.69, 9.17) is 4.74 Å². The first-order valence-corrected chi connectivity index (χ1v) is 5.73. The maximum atomic E-state index is 11.6. The fraction of sp³-hybridized carbons (Fsp3) is 0.583. The quantitative estimate of drug-likeness (QED) is 0.746. The summed E-state index contributed by atoms with van der Waals surface area (Å²) in [5.74, 6) is 0. The lowest BCUT2D eigenvalue weighted by molar-refractivity contribution is 0.0363. The normalized spacial score (nSPS) is 17.6. The molecule has 88 valence electrons. The van der Waals surface area contributed by atoms with Gasteiger partial charge in [-0.2, -0.15) is 0 Å². The molecule has 2 rings (SSSR count). The highest BCUT2D eigenvalue weighted by atomic mass is 16.5. The molecular formula is C12H18N2O2. The van der Waals surface area contributed by atoms with Crippen molar-refractivity contribution in [1.29, 1.82) is 0 Å². The molecule has 4 heteroatoms. The van der Waals surface area contributed by atoms with Gasteiger partial charge in [-0.05, 0) is 18.6 Å². The molecule has 0 radical (unpaired) electrons. The number of rotatable bonds is 3. The highest BCUT2D eigenvalue weighted by molar-refractivity contribution is 5.07. The Labute approximate surface area is 95.4 Å². The monoisotopic (exact) mass is 222 g/mol. The van der Waals surface area contributed by atoms with Gasteiger partial charge in [0, 0.05) is 38.4 Å². The van der Waals surface area contributed by atoms with Gasteiger partial charge in [0.05, 0.1) is 13.2 Å². The van der Waals surface area contributed by atoms with Crippen LogP contribution in [0.1, 0.15) is 5.56 Å². The minimum atomic E-state index is 0.0910. The molecule has 0 atom stereocenters. The first kappa shape index (κ1) is 11.4. The second kappa shape index (κ2) is 5.27. The van der Waals surface area contributed by atoms with Crippen molar-refractivity contribution in [2.75, 3.05) is 32.8 Å². The Hall–Kier alpha value is -1.13. The molecular weight excluding hydrogens is 204 g/mol. The lowest BCUT2D eigenvalue weighted by Gasteiger charge is -2.26. The van der Waals surface area contributed by atoms with Gasteiger partial charge in [-0.3, -0.25) is 9.69 Å². The van der Waals surface area contributed by atoms with E-state index in [-0.39, 0.29) is 5.56 Å². The van der Waals surface area contributed by atoms with Crippen molar-refractivity contribution >= 4 is 0 Å². The van der Waals surface area contributed by atoms with Crippen LogP contribution in [-0.2, 0) is 11.3 Å². The van der Waals surface area contributed by atoms with Gasteiger partial charge in [-0.25, -0.2) is 0 Å². The highest BCUT2D eigenvalue weighted by Gasteiger charge is 2.09. The van der Waals surface area contributed by atoms with Gasteiger partial charge in [0.1, 0.15) is 0 Å². The van der Waals surface area contributed by atoms with Crippen LogP contribution >= 0.6 is 0 Å². The molecule has 0 unspecified atom stereocenters. The van der Waals surface area contributed by atoms with Gasteiger partial charge in [0.2, 0.25) is 0 Å². The molecule has 2 heterocycles. The Morgan fingerprint density at radius 2 is 2.06 bits per heavy atom. The number of nitrogens with zero attached hydrogens (tertiary/aromatic N) is 2. The minimum absolute atomic E-state index is 0.0910. The van der Waals surface area contributed by atoms with Crippen molar-refractivity contribution in [1.82, 2.24) is 9.47 Å². The van der Waals surface area contributed by atoms with Crippen molar-refractivity contribution in [2.24, 2.45) is 0 Å². The Balaban J connectivity index is 1.91. The van der Waals surface area contributed by atoms with E-state index in [2.05, 4.69) is 4.90 Å². The van der Waals surface area contributed by atoms with E-state index in [9.17, 15) is 4.79 Å². The molecule has 0 bridgehead atoms. The first-order valence-electron chi connectivity index (χ1n) is 5.73. The summed E-state index contributed by atoms with van der Waals surface area (Å²) < 4.78 is 7.05. The van der Waals surface area contributed by atoms with E-state index in [1.165, 1.54) is 0 Å². The fourth-order valence-electron chi connectivity index (χ4n) is 1.87. The Kier molecular flexibility index (Phi) is 3.74. The molecule has 1 aliphatic heterocycles. The van der Waals surface area contributed by atoms with Crippen LogP contribution in [0.25, 0.3) is 0 Å². The lowest BCUT2D eigenvalue weighted by Crippen LogP contribution is -2.39. The second-order valence-electron chi connectivity index (χ2n) is 4.19. The second-order valence-corrected chi connectivity index (χ2v) is 4.19. The third-order valence-corrected chi connectivity index (χ3v) is 2.91. The molecule has 0 amide bonds. The predicted molar refractivity (Wildman–Crippen MR) is 62.7 cm³/mol. The van der Waals surface area contributed by atoms with Crippen molar-refractivity contribution in [3.8, 4) is 0 Å². The lowest BCUT2D eigenvalue weighted by atomic mass is 10.3. The minimum Gasteiger partial charge on any atom is -0.379 e. The summed E-state index contributed by atoms with van der Waals surface area (Å²) in [6.07, 6.45) is 1.87. The molecule has 0 saturated carbocycles. The van der Waals surface area contributed by atoms with Gasteiger partial charge in [-0.1, -0.05) is 0 Å². The number of ether oxygens (including phenoxy) is 1. The first-order chi connectivity index (χ1) is 7.75. The standard InChI is InChI=1S/C12H18N2O2/c1-11-2-3-14(12(15)10-11)5-4-13-6-8-16-9-7-13/h2-3,10H,4-9H2,1H3. The average Bonchev–Trinajstić information content (AvgIpc) is 2.29. The van der Waals surface area contributed by atoms with E-state index in [0.717, 1.165) is 45.0 Å². The predicted octanol–water partition coefficient (Wildman–Crippen LogP) is 0.489. The van der Waals surface area contributed by atoms with Crippen LogP contribution in [0.3, 0.4) is 0 Å². The van der Waals surface area contributed by atoms with Crippen LogP contribution in [0.4, 0.5) is 0 Å². The summed E-state index contributed by atoms with van der Waals surface area (Å²) >= 11 is 0. The summed E-state index contributed by atoms with van der Waals surface area (Å²) in [6.45, 7) is 7.19. The maximum absolute atomic E-state index is 11.6. The molecule has 1 aromatic heterocycles. The summed E-state index contributed by atoms with van der Waals surface area (Å²) in [4.78, 5) is 14.0. The third kappa shape index (κ3) is 2.93. The van der Waals surface area contributed by atoms with E-state index in [1.807, 2.05) is 19.2 Å². The molecule has 1 aromatic rings. The fourth-order valence-corrected chi connectivity index (χ4v) is 1.87. The van der Waals surface area contributed by atoms with Crippen LogP contribution in [0, 0.1) is 6.92 Å². The Morgan fingerprint density at radius 3 is 2.75 bits per heavy atom. The molecule has 1 aliphatic rings. The van der Waals surface area contributed by atoms with Crippen molar-refractivity contribution in [3.63, 3.8) is 0 Å². The third-order valence-electron chi connectivity index (χ3n) is 2.91. The Morgan fingerprint density at radius 1 is 1.31 bits per heavy atom. The zero-order valence-electron chi connectivity index (χ0n) is 9.69. The maximum Gasteiger partial charge on any atom is 0.250 e. The van der Waals surface area contributed by atoms with E-state index in [1.54, 1.807) is 10.6 Å². The summed E-state index contributed by atoms with van der Waals surface area (Å²) in [5, 5.41) is 0. The topological polar surface area (TPSA) is 34.5 Å². The number of hydrogen-bond donors (Lipinski definition) is 0. The molecule has 0 N–H and O–H groups in total. The van der Waals surface area contributed by atoms with Gasteiger partial charge < -0.3 is 9.30 Å². The van der Waals surface area contributed by atoms with Crippen molar-refractivity contribution < 1.29 is 4.74 Å². The molecule has 1 saturated heterocycles. The van der Waals surface area contributed by atoms with Gasteiger partial charge in [0.15, 0.2) is 0 Å². The molecule has 16 heavy (non-hydrogen) atoms. The molecule has 0 spiro atoms. The van der Waals surface area contributed by atoms with Crippen LogP contribution < -0.4 is 5.56 Å². The zero-order chi connectivity index (χ0) is 11.4. The van der Waals surface area contributed by atoms with Crippen LogP contribution in [0.15, 0.2) is 23.1 Å². The van der Waals surface area contributed by atoms with Crippen LogP contribution in [0.5, 0.6) is 0 Å². The van der Waals surface area contributed by atoms with Crippen molar-refractivity contribution in [2.45, 2.75) is 13.5 Å². The largest absolute Gasteiger partial charge is 0.379 e. The molecule has 0 aromatic carbocycles. The summed E-state index contributed by atoms with van der Waals surface area (Å²) in [5.41, 5.74) is 1.11. The SMILES string of the molecule is Cc1ccn(CCN2CCOCC2)c(=O)c1. The van der Waals surface area contributed by atoms with Crippen LogP contribution in [-0.4, -0.2) is 42.3 Å². The average molecular weight is 222 g/mol. The number of hydrogen-bond acceptors (Lipinski definition) is 3. The highest BCUT2D eigenvalue weighted by Crippen LogP contribution is 1.97. The smallest absolute Gasteiger partial charge is 0.250 e.